The maximum Gasteiger partial charge on any atom is 0.344 e. The van der Waals surface area contributed by atoms with Crippen molar-refractivity contribution in [2.75, 3.05) is 18.5 Å². The predicted molar refractivity (Wildman–Crippen MR) is 117 cm³/mol. The Balaban J connectivity index is 2.04. The first kappa shape index (κ1) is 24.4. The molecule has 0 aliphatic heterocycles. The molecular formula is C21H19BrClNO7. The van der Waals surface area contributed by atoms with E-state index >= 15 is 0 Å². The van der Waals surface area contributed by atoms with Gasteiger partial charge in [-0.25, -0.2) is 9.59 Å². The van der Waals surface area contributed by atoms with Crippen molar-refractivity contribution in [3.8, 4) is 0 Å². The Kier molecular flexibility index (Phi) is 8.58. The second-order valence-electron chi connectivity index (χ2n) is 6.18. The third-order valence-corrected chi connectivity index (χ3v) is 5.10. The van der Waals surface area contributed by atoms with Gasteiger partial charge in [-0.15, -0.1) is 0 Å². The first-order chi connectivity index (χ1) is 14.6. The molecule has 0 unspecified atom stereocenters. The van der Waals surface area contributed by atoms with Crippen LogP contribution in [0.4, 0.5) is 5.88 Å². The fourth-order valence-electron chi connectivity index (χ4n) is 2.58. The molecule has 0 atom stereocenters. The van der Waals surface area contributed by atoms with Crippen molar-refractivity contribution in [3.05, 3.63) is 56.2 Å². The number of ketones is 1. The van der Waals surface area contributed by atoms with Crippen molar-refractivity contribution in [3.63, 3.8) is 0 Å². The molecule has 1 heterocycles. The summed E-state index contributed by atoms with van der Waals surface area (Å²) in [6.45, 7) is 3.78. The lowest BCUT2D eigenvalue weighted by Crippen LogP contribution is -2.21. The molecule has 0 bridgehead atoms. The molecule has 164 valence electrons. The summed E-state index contributed by atoms with van der Waals surface area (Å²) in [4.78, 5) is 48.1. The Morgan fingerprint density at radius 3 is 2.52 bits per heavy atom. The average molecular weight is 513 g/mol. The van der Waals surface area contributed by atoms with Gasteiger partial charge in [-0.3, -0.25) is 14.9 Å². The number of esters is 2. The lowest BCUT2D eigenvalue weighted by molar-refractivity contribution is -0.142. The van der Waals surface area contributed by atoms with Crippen LogP contribution >= 0.6 is 27.5 Å². The maximum atomic E-state index is 12.2. The highest BCUT2D eigenvalue weighted by Crippen LogP contribution is 2.28. The number of carbonyl (C=O) groups is 4. The molecule has 0 spiro atoms. The molecule has 1 aromatic heterocycles. The summed E-state index contributed by atoms with van der Waals surface area (Å²) < 4.78 is 15.9. The molecule has 2 aromatic rings. The lowest BCUT2D eigenvalue weighted by atomic mass is 10.1. The van der Waals surface area contributed by atoms with Crippen molar-refractivity contribution < 1.29 is 33.1 Å². The highest BCUT2D eigenvalue weighted by atomic mass is 79.9. The minimum absolute atomic E-state index is 0.0156. The number of amides is 1. The van der Waals surface area contributed by atoms with Gasteiger partial charge in [-0.05, 0) is 60.5 Å². The van der Waals surface area contributed by atoms with Crippen LogP contribution in [0.2, 0.25) is 5.02 Å². The first-order valence-corrected chi connectivity index (χ1v) is 10.2. The number of benzene rings is 1. The van der Waals surface area contributed by atoms with Gasteiger partial charge >= 0.3 is 11.9 Å². The van der Waals surface area contributed by atoms with Gasteiger partial charge in [0.05, 0.1) is 17.2 Å². The van der Waals surface area contributed by atoms with Gasteiger partial charge in [0.25, 0.3) is 5.91 Å². The van der Waals surface area contributed by atoms with E-state index in [1.807, 2.05) is 0 Å². The number of aryl methyl sites for hydroxylation is 1. The van der Waals surface area contributed by atoms with E-state index in [9.17, 15) is 19.2 Å². The van der Waals surface area contributed by atoms with Crippen molar-refractivity contribution in [1.82, 2.24) is 0 Å². The van der Waals surface area contributed by atoms with Crippen LogP contribution in [0.25, 0.3) is 6.08 Å². The van der Waals surface area contributed by atoms with Crippen LogP contribution in [0.15, 0.2) is 33.2 Å². The Labute approximate surface area is 191 Å². The highest BCUT2D eigenvalue weighted by molar-refractivity contribution is 9.10. The minimum Gasteiger partial charge on any atom is -0.462 e. The molecule has 0 saturated carbocycles. The van der Waals surface area contributed by atoms with Crippen molar-refractivity contribution >= 4 is 63.1 Å². The summed E-state index contributed by atoms with van der Waals surface area (Å²) in [6.07, 6.45) is 2.62. The molecule has 0 radical (unpaired) electrons. The van der Waals surface area contributed by atoms with Gasteiger partial charge in [0, 0.05) is 10.5 Å². The first-order valence-electron chi connectivity index (χ1n) is 9.05. The van der Waals surface area contributed by atoms with Crippen molar-refractivity contribution in [1.29, 1.82) is 0 Å². The summed E-state index contributed by atoms with van der Waals surface area (Å²) in [5.41, 5.74) is 0.497. The van der Waals surface area contributed by atoms with Crippen LogP contribution in [0, 0.1) is 6.92 Å². The molecule has 8 nitrogen and oxygen atoms in total. The molecule has 0 aliphatic rings. The van der Waals surface area contributed by atoms with Crippen LogP contribution in [0.1, 0.15) is 45.9 Å². The van der Waals surface area contributed by atoms with E-state index < -0.39 is 30.2 Å². The number of furan rings is 1. The summed E-state index contributed by atoms with van der Waals surface area (Å²) in [5, 5.41) is 2.80. The fourth-order valence-corrected chi connectivity index (χ4v) is 3.02. The van der Waals surface area contributed by atoms with E-state index in [4.69, 9.17) is 25.5 Å². The topological polar surface area (TPSA) is 112 Å². The van der Waals surface area contributed by atoms with Gasteiger partial charge in [0.1, 0.15) is 11.3 Å². The molecule has 31 heavy (non-hydrogen) atoms. The number of carbonyl (C=O) groups excluding carboxylic acids is 4. The number of hydrogen-bond donors (Lipinski definition) is 1. The Morgan fingerprint density at radius 1 is 1.19 bits per heavy atom. The third-order valence-electron chi connectivity index (χ3n) is 3.87. The number of rotatable bonds is 8. The number of Topliss-reactive ketones (excluding diaryl/α,β-unsaturated/α-hetero) is 1. The van der Waals surface area contributed by atoms with E-state index in [2.05, 4.69) is 21.2 Å². The molecule has 0 fully saturated rings. The second-order valence-corrected chi connectivity index (χ2v) is 7.44. The molecule has 10 heteroatoms. The average Bonchev–Trinajstić information content (AvgIpc) is 3.03. The van der Waals surface area contributed by atoms with Gasteiger partial charge in [0.2, 0.25) is 5.88 Å². The number of halogens is 2. The normalized spacial score (nSPS) is 10.7. The number of hydrogen-bond acceptors (Lipinski definition) is 7. The zero-order valence-corrected chi connectivity index (χ0v) is 19.3. The van der Waals surface area contributed by atoms with Crippen LogP contribution in [-0.2, 0) is 19.1 Å². The molecule has 1 aromatic carbocycles. The van der Waals surface area contributed by atoms with Gasteiger partial charge in [-0.2, -0.15) is 0 Å². The molecule has 1 N–H and O–H groups in total. The highest BCUT2D eigenvalue weighted by Gasteiger charge is 2.28. The van der Waals surface area contributed by atoms with Crippen LogP contribution in [0.3, 0.4) is 0 Å². The van der Waals surface area contributed by atoms with Gasteiger partial charge in [0.15, 0.2) is 12.4 Å². The zero-order valence-electron chi connectivity index (χ0n) is 16.9. The van der Waals surface area contributed by atoms with Gasteiger partial charge in [-0.1, -0.05) is 17.7 Å². The summed E-state index contributed by atoms with van der Waals surface area (Å²) in [6, 6.07) is 5.10. The monoisotopic (exact) mass is 511 g/mol. The molecule has 2 rings (SSSR count). The molecule has 1 amide bonds. The van der Waals surface area contributed by atoms with Gasteiger partial charge < -0.3 is 13.9 Å². The fraction of sp³-hybridized carbons (Fsp3) is 0.238. The Bertz CT molecular complexity index is 1060. The van der Waals surface area contributed by atoms with Crippen LogP contribution in [0.5, 0.6) is 0 Å². The van der Waals surface area contributed by atoms with Crippen LogP contribution in [-0.4, -0.2) is 36.8 Å². The smallest absolute Gasteiger partial charge is 0.344 e. The molecular weight excluding hydrogens is 494 g/mol. The summed E-state index contributed by atoms with van der Waals surface area (Å²) in [5.74, 6) is -2.86. The zero-order chi connectivity index (χ0) is 23.1. The lowest BCUT2D eigenvalue weighted by Gasteiger charge is -2.06. The quantitative estimate of drug-likeness (QED) is 0.313. The maximum absolute atomic E-state index is 12.2. The molecule has 0 saturated heterocycles. The van der Waals surface area contributed by atoms with E-state index in [-0.39, 0.29) is 29.4 Å². The van der Waals surface area contributed by atoms with E-state index in [1.54, 1.807) is 25.1 Å². The van der Waals surface area contributed by atoms with E-state index in [0.29, 0.717) is 15.1 Å². The summed E-state index contributed by atoms with van der Waals surface area (Å²) >= 11 is 9.25. The second kappa shape index (κ2) is 10.9. The Morgan fingerprint density at radius 2 is 1.90 bits per heavy atom. The van der Waals surface area contributed by atoms with Crippen molar-refractivity contribution in [2.24, 2.45) is 0 Å². The predicted octanol–water partition coefficient (Wildman–Crippen LogP) is 4.58. The molecule has 0 aliphatic carbocycles. The number of anilines is 1. The standard InChI is InChI=1S/C21H19BrClNO7/c1-4-29-21(28)19-18(11(2)25)12(3)31-20(19)24-16(26)10-30-17(27)8-6-13-5-7-14(22)15(23)9-13/h5-9H,4,10H2,1-3H3,(H,24,26)/b8-6+. The third kappa shape index (κ3) is 6.53. The van der Waals surface area contributed by atoms with E-state index in [1.165, 1.54) is 19.9 Å². The van der Waals surface area contributed by atoms with E-state index in [0.717, 1.165) is 6.08 Å². The largest absolute Gasteiger partial charge is 0.462 e. The summed E-state index contributed by atoms with van der Waals surface area (Å²) in [7, 11) is 0. The van der Waals surface area contributed by atoms with Crippen molar-refractivity contribution in [2.45, 2.75) is 20.8 Å². The SMILES string of the molecule is CCOC(=O)c1c(NC(=O)COC(=O)/C=C/c2ccc(Br)c(Cl)c2)oc(C)c1C(C)=O. The number of nitrogens with one attached hydrogen (secondary N) is 1. The van der Waals surface area contributed by atoms with Crippen LogP contribution < -0.4 is 5.32 Å². The Hall–Kier alpha value is -2.91. The minimum atomic E-state index is -0.812. The number of ether oxygens (including phenoxy) is 2.